The van der Waals surface area contributed by atoms with Gasteiger partial charge in [-0.3, -0.25) is 0 Å². The highest BCUT2D eigenvalue weighted by molar-refractivity contribution is 9.10. The van der Waals surface area contributed by atoms with Crippen LogP contribution in [0.25, 0.3) is 160 Å². The summed E-state index contributed by atoms with van der Waals surface area (Å²) in [6.07, 6.45) is 5.41. The molecule has 0 amide bonds. The first-order valence-electron chi connectivity index (χ1n) is 32.3. The molecule has 1 aliphatic rings. The van der Waals surface area contributed by atoms with Crippen molar-refractivity contribution in [1.82, 2.24) is 13.7 Å². The van der Waals surface area contributed by atoms with Gasteiger partial charge in [-0.1, -0.05) is 265 Å². The number of fused-ring (bicyclic) bond motifs is 16. The van der Waals surface area contributed by atoms with Crippen molar-refractivity contribution < 1.29 is 8.83 Å². The average Bonchev–Trinajstić information content (AvgIpc) is 1.61. The molecule has 448 valence electrons. The van der Waals surface area contributed by atoms with Gasteiger partial charge in [-0.15, -0.1) is 0 Å². The largest absolute Gasteiger partial charge is 0.455 e. The van der Waals surface area contributed by atoms with Crippen LogP contribution in [0.5, 0.6) is 0 Å². The minimum absolute atomic E-state index is 0.916. The van der Waals surface area contributed by atoms with Gasteiger partial charge in [0, 0.05) is 99.3 Å². The third-order valence-corrected chi connectivity index (χ3v) is 19.6. The third-order valence-electron chi connectivity index (χ3n) is 19.0. The van der Waals surface area contributed by atoms with Crippen LogP contribution in [0, 0.1) is 0 Å². The van der Waals surface area contributed by atoms with E-state index in [4.69, 9.17) is 8.83 Å². The summed E-state index contributed by atoms with van der Waals surface area (Å²) in [5.41, 5.74) is 26.9. The van der Waals surface area contributed by atoms with E-state index < -0.39 is 0 Å². The smallest absolute Gasteiger partial charge is 0.143 e. The van der Waals surface area contributed by atoms with E-state index in [0.29, 0.717) is 0 Å². The molecular formula is C89H58BrN3O2. The molecule has 0 saturated heterocycles. The van der Waals surface area contributed by atoms with Crippen LogP contribution in [0.15, 0.2) is 353 Å². The summed E-state index contributed by atoms with van der Waals surface area (Å²) in [5.74, 6) is 0. The van der Waals surface area contributed by atoms with Crippen molar-refractivity contribution in [2.75, 3.05) is 0 Å². The quantitative estimate of drug-likeness (QED) is 0.160. The molecule has 6 heteroatoms. The zero-order valence-corrected chi connectivity index (χ0v) is 53.2. The molecule has 0 unspecified atom stereocenters. The molecule has 1 aliphatic carbocycles. The molecule has 0 N–H and O–H groups in total. The monoisotopic (exact) mass is 1280 g/mol. The van der Waals surface area contributed by atoms with E-state index in [1.165, 1.54) is 77.1 Å². The van der Waals surface area contributed by atoms with Crippen molar-refractivity contribution in [2.45, 2.75) is 6.42 Å². The number of rotatable bonds is 7. The molecule has 0 saturated carbocycles. The summed E-state index contributed by atoms with van der Waals surface area (Å²) < 4.78 is 21.2. The molecular weight excluding hydrogens is 1220 g/mol. The molecule has 0 spiro atoms. The second-order valence-electron chi connectivity index (χ2n) is 24.4. The summed E-state index contributed by atoms with van der Waals surface area (Å²) in [5, 5.41) is 9.68. The Kier molecular flexibility index (Phi) is 13.7. The van der Waals surface area contributed by atoms with Crippen molar-refractivity contribution in [2.24, 2.45) is 0 Å². The Labute approximate surface area is 557 Å². The van der Waals surface area contributed by atoms with Crippen LogP contribution < -0.4 is 0 Å². The number of aromatic nitrogens is 3. The minimum Gasteiger partial charge on any atom is -0.455 e. The molecule has 5 aromatic heterocycles. The summed E-state index contributed by atoms with van der Waals surface area (Å²) in [4.78, 5) is 0. The van der Waals surface area contributed by atoms with E-state index in [0.717, 1.165) is 105 Å². The van der Waals surface area contributed by atoms with E-state index in [1.807, 2.05) is 12.1 Å². The fraction of sp³-hybridized carbons (Fsp3) is 0.0112. The molecule has 0 aliphatic heterocycles. The summed E-state index contributed by atoms with van der Waals surface area (Å²) in [6.45, 7) is 0. The van der Waals surface area contributed by atoms with Crippen LogP contribution in [-0.2, 0) is 6.42 Å². The van der Waals surface area contributed by atoms with Crippen LogP contribution >= 0.6 is 15.9 Å². The molecule has 14 aromatic carbocycles. The second-order valence-corrected chi connectivity index (χ2v) is 25.3. The molecule has 0 atom stereocenters. The molecule has 5 heterocycles. The first-order valence-corrected chi connectivity index (χ1v) is 33.1. The van der Waals surface area contributed by atoms with Gasteiger partial charge in [0.1, 0.15) is 22.3 Å². The highest BCUT2D eigenvalue weighted by atomic mass is 79.9. The van der Waals surface area contributed by atoms with E-state index in [1.54, 1.807) is 0 Å². The van der Waals surface area contributed by atoms with Crippen LogP contribution in [0.3, 0.4) is 0 Å². The Morgan fingerprint density at radius 3 is 1.20 bits per heavy atom. The van der Waals surface area contributed by atoms with Crippen LogP contribution in [-0.4, -0.2) is 13.7 Å². The minimum atomic E-state index is 0.916. The lowest BCUT2D eigenvalue weighted by atomic mass is 10.00. The Morgan fingerprint density at radius 2 is 0.663 bits per heavy atom. The lowest BCUT2D eigenvalue weighted by molar-refractivity contribution is 0.670. The molecule has 0 fully saturated rings. The molecule has 19 aromatic rings. The SMILES string of the molecule is Brc1ccc(-c2cccc3c2oc2c(-c4ccccc4)cccc23)cc1.c1ccc(-c2cccc3c2oc2c(-c4ccc(-n5c6ccccc6c6ccc7c(ccn7-c7ccccc7)c65)cc4)cccc23)cc1.c1ccc(-n2ccc3c4c(ccc32)-c2ccccc2C4)cc1. The zero-order chi connectivity index (χ0) is 62.9. The second kappa shape index (κ2) is 23.3. The lowest BCUT2D eigenvalue weighted by Crippen LogP contribution is -1.95. The fourth-order valence-electron chi connectivity index (χ4n) is 14.6. The predicted octanol–water partition coefficient (Wildman–Crippen LogP) is 24.8. The normalized spacial score (nSPS) is 11.8. The van der Waals surface area contributed by atoms with E-state index in [9.17, 15) is 0 Å². The maximum atomic E-state index is 6.72. The van der Waals surface area contributed by atoms with Crippen molar-refractivity contribution in [3.63, 3.8) is 0 Å². The van der Waals surface area contributed by atoms with E-state index >= 15 is 0 Å². The van der Waals surface area contributed by atoms with Gasteiger partial charge >= 0.3 is 0 Å². The Hall–Kier alpha value is -12.0. The van der Waals surface area contributed by atoms with Crippen molar-refractivity contribution >= 4 is 103 Å². The maximum Gasteiger partial charge on any atom is 0.143 e. The van der Waals surface area contributed by atoms with Crippen LogP contribution in [0.2, 0.25) is 0 Å². The topological polar surface area (TPSA) is 41.1 Å². The van der Waals surface area contributed by atoms with Gasteiger partial charge in [0.15, 0.2) is 0 Å². The van der Waals surface area contributed by atoms with Crippen molar-refractivity contribution in [1.29, 1.82) is 0 Å². The predicted molar refractivity (Wildman–Crippen MR) is 400 cm³/mol. The van der Waals surface area contributed by atoms with Gasteiger partial charge in [0.25, 0.3) is 0 Å². The average molecular weight is 1280 g/mol. The third kappa shape index (κ3) is 9.60. The first kappa shape index (κ1) is 55.8. The number of hydrogen-bond acceptors (Lipinski definition) is 2. The van der Waals surface area contributed by atoms with Crippen molar-refractivity contribution in [3.8, 4) is 72.7 Å². The molecule has 20 rings (SSSR count). The number of furan rings is 2. The zero-order valence-electron chi connectivity index (χ0n) is 51.6. The number of para-hydroxylation sites is 7. The highest BCUT2D eigenvalue weighted by Gasteiger charge is 2.23. The summed E-state index contributed by atoms with van der Waals surface area (Å²) in [7, 11) is 0. The van der Waals surface area contributed by atoms with E-state index in [2.05, 4.69) is 357 Å². The van der Waals surface area contributed by atoms with Gasteiger partial charge in [0.05, 0.1) is 22.1 Å². The molecule has 0 radical (unpaired) electrons. The first-order chi connectivity index (χ1) is 47.1. The highest BCUT2D eigenvalue weighted by Crippen LogP contribution is 2.45. The molecule has 5 nitrogen and oxygen atoms in total. The Balaban J connectivity index is 0.000000115. The van der Waals surface area contributed by atoms with Gasteiger partial charge in [-0.25, -0.2) is 0 Å². The number of halogens is 1. The maximum absolute atomic E-state index is 6.72. The Morgan fingerprint density at radius 1 is 0.253 bits per heavy atom. The fourth-order valence-corrected chi connectivity index (χ4v) is 14.9. The number of hydrogen-bond donors (Lipinski definition) is 0. The van der Waals surface area contributed by atoms with Gasteiger partial charge in [-0.05, 0) is 130 Å². The summed E-state index contributed by atoms with van der Waals surface area (Å²) >= 11 is 3.51. The number of benzene rings is 14. The number of nitrogens with zero attached hydrogens (tertiary/aromatic N) is 3. The lowest BCUT2D eigenvalue weighted by Gasteiger charge is -2.11. The van der Waals surface area contributed by atoms with Gasteiger partial charge in [0.2, 0.25) is 0 Å². The van der Waals surface area contributed by atoms with Crippen molar-refractivity contribution in [3.05, 3.63) is 356 Å². The van der Waals surface area contributed by atoms with Crippen LogP contribution in [0.4, 0.5) is 0 Å². The summed E-state index contributed by atoms with van der Waals surface area (Å²) in [6, 6.07) is 116. The molecule has 95 heavy (non-hydrogen) atoms. The Bertz CT molecular complexity index is 6100. The van der Waals surface area contributed by atoms with Gasteiger partial charge < -0.3 is 22.5 Å². The standard InChI is InChI=1S/C44H28N2O.C24H15BrO.C21H15N/c1-3-11-29(12-4-1)33-16-9-18-37-38-19-10-17-34(44(38)47-43(33)37)30-21-23-32(24-22-30)46-41-20-8-7-15-35(41)36-25-26-40-39(42(36)46)27-28-45(40)31-13-5-2-6-14-31;25-18-14-12-17(13-15-18)20-9-5-11-22-21-10-4-8-19(23(21)26-24(20)22)16-6-2-1-3-7-16;1-2-7-16(8-3-1)22-13-12-19-20-14-15-6-4-5-9-17(15)18(20)10-11-21(19)22/h1-28H;1-15H;1-13H,14H2. The van der Waals surface area contributed by atoms with Gasteiger partial charge in [-0.2, -0.15) is 0 Å². The molecule has 0 bridgehead atoms. The van der Waals surface area contributed by atoms with Crippen LogP contribution in [0.1, 0.15) is 11.1 Å². The van der Waals surface area contributed by atoms with E-state index in [-0.39, 0.29) is 0 Å².